The highest BCUT2D eigenvalue weighted by Crippen LogP contribution is 2.18. The van der Waals surface area contributed by atoms with Gasteiger partial charge in [-0.05, 0) is 31.2 Å². The van der Waals surface area contributed by atoms with Gasteiger partial charge in [0, 0.05) is 19.1 Å². The third kappa shape index (κ3) is 4.61. The SMILES string of the molecule is CCOCc1nnc(NC(=O)c2ccc(OC(C)=O)cc2)s1. The molecule has 0 saturated heterocycles. The van der Waals surface area contributed by atoms with E-state index in [0.717, 1.165) is 0 Å². The van der Waals surface area contributed by atoms with Crippen molar-refractivity contribution in [1.82, 2.24) is 10.2 Å². The molecule has 0 fully saturated rings. The van der Waals surface area contributed by atoms with E-state index in [1.807, 2.05) is 6.92 Å². The number of carbonyl (C=O) groups excluding carboxylic acids is 2. The number of rotatable bonds is 6. The summed E-state index contributed by atoms with van der Waals surface area (Å²) in [4.78, 5) is 22.9. The molecule has 0 bridgehead atoms. The van der Waals surface area contributed by atoms with E-state index in [9.17, 15) is 9.59 Å². The Balaban J connectivity index is 1.96. The number of aromatic nitrogens is 2. The molecule has 0 saturated carbocycles. The van der Waals surface area contributed by atoms with E-state index in [2.05, 4.69) is 15.5 Å². The number of ether oxygens (including phenoxy) is 2. The Hall–Kier alpha value is -2.32. The molecular formula is C14H15N3O4S. The number of nitrogens with zero attached hydrogens (tertiary/aromatic N) is 2. The van der Waals surface area contributed by atoms with Crippen molar-refractivity contribution in [3.05, 3.63) is 34.8 Å². The number of anilines is 1. The molecule has 1 heterocycles. The second-order valence-corrected chi connectivity index (χ2v) is 5.27. The van der Waals surface area contributed by atoms with Gasteiger partial charge in [-0.3, -0.25) is 14.9 Å². The minimum atomic E-state index is -0.409. The third-order valence-electron chi connectivity index (χ3n) is 2.50. The van der Waals surface area contributed by atoms with Gasteiger partial charge in [-0.2, -0.15) is 0 Å². The first-order valence-corrected chi connectivity index (χ1v) is 7.40. The molecule has 0 aliphatic heterocycles. The van der Waals surface area contributed by atoms with E-state index in [1.54, 1.807) is 24.3 Å². The molecule has 2 rings (SSSR count). The molecule has 0 atom stereocenters. The number of esters is 1. The van der Waals surface area contributed by atoms with Crippen molar-refractivity contribution in [1.29, 1.82) is 0 Å². The van der Waals surface area contributed by atoms with Crippen LogP contribution in [0.4, 0.5) is 5.13 Å². The van der Waals surface area contributed by atoms with Crippen LogP contribution in [0.15, 0.2) is 24.3 Å². The van der Waals surface area contributed by atoms with Gasteiger partial charge in [-0.15, -0.1) is 10.2 Å². The highest BCUT2D eigenvalue weighted by Gasteiger charge is 2.10. The minimum Gasteiger partial charge on any atom is -0.427 e. The molecule has 7 nitrogen and oxygen atoms in total. The first-order chi connectivity index (χ1) is 10.6. The van der Waals surface area contributed by atoms with Gasteiger partial charge in [0.05, 0.1) is 0 Å². The summed E-state index contributed by atoms with van der Waals surface area (Å²) in [6.45, 7) is 4.18. The molecule has 1 amide bonds. The van der Waals surface area contributed by atoms with Crippen LogP contribution in [0.5, 0.6) is 5.75 Å². The molecule has 0 unspecified atom stereocenters. The summed E-state index contributed by atoms with van der Waals surface area (Å²) in [6, 6.07) is 6.24. The fourth-order valence-corrected chi connectivity index (χ4v) is 2.23. The van der Waals surface area contributed by atoms with Crippen LogP contribution in [0.3, 0.4) is 0 Å². The molecule has 1 aromatic heterocycles. The van der Waals surface area contributed by atoms with Gasteiger partial charge in [-0.25, -0.2) is 0 Å². The van der Waals surface area contributed by atoms with Gasteiger partial charge in [0.2, 0.25) is 5.13 Å². The van der Waals surface area contributed by atoms with Crippen molar-refractivity contribution in [3.63, 3.8) is 0 Å². The highest BCUT2D eigenvalue weighted by molar-refractivity contribution is 7.15. The van der Waals surface area contributed by atoms with Crippen molar-refractivity contribution >= 4 is 28.3 Å². The summed E-state index contributed by atoms with van der Waals surface area (Å²) in [6.07, 6.45) is 0. The topological polar surface area (TPSA) is 90.4 Å². The Kier molecular flexibility index (Phi) is 5.56. The summed E-state index contributed by atoms with van der Waals surface area (Å²) >= 11 is 1.26. The maximum Gasteiger partial charge on any atom is 0.308 e. The van der Waals surface area contributed by atoms with E-state index in [1.165, 1.54) is 18.3 Å². The van der Waals surface area contributed by atoms with E-state index in [0.29, 0.717) is 34.7 Å². The lowest BCUT2D eigenvalue weighted by Gasteiger charge is -2.03. The quantitative estimate of drug-likeness (QED) is 0.648. The van der Waals surface area contributed by atoms with Crippen molar-refractivity contribution in [2.45, 2.75) is 20.5 Å². The average Bonchev–Trinajstić information content (AvgIpc) is 2.92. The lowest BCUT2D eigenvalue weighted by Crippen LogP contribution is -2.11. The molecule has 0 aliphatic carbocycles. The molecular weight excluding hydrogens is 306 g/mol. The Morgan fingerprint density at radius 3 is 2.59 bits per heavy atom. The lowest BCUT2D eigenvalue weighted by molar-refractivity contribution is -0.131. The van der Waals surface area contributed by atoms with Crippen LogP contribution in [0.25, 0.3) is 0 Å². The minimum absolute atomic E-state index is 0.312. The molecule has 0 aliphatic rings. The van der Waals surface area contributed by atoms with Crippen LogP contribution in [0, 0.1) is 0 Å². The van der Waals surface area contributed by atoms with Gasteiger partial charge in [0.15, 0.2) is 0 Å². The van der Waals surface area contributed by atoms with Gasteiger partial charge < -0.3 is 9.47 Å². The summed E-state index contributed by atoms with van der Waals surface area (Å²) in [5, 5.41) is 11.6. The van der Waals surface area contributed by atoms with Crippen molar-refractivity contribution in [2.24, 2.45) is 0 Å². The third-order valence-corrected chi connectivity index (χ3v) is 3.31. The van der Waals surface area contributed by atoms with E-state index >= 15 is 0 Å². The fraction of sp³-hybridized carbons (Fsp3) is 0.286. The van der Waals surface area contributed by atoms with Gasteiger partial charge >= 0.3 is 5.97 Å². The first-order valence-electron chi connectivity index (χ1n) is 6.58. The summed E-state index contributed by atoms with van der Waals surface area (Å²) in [5.41, 5.74) is 0.428. The molecule has 8 heteroatoms. The number of nitrogens with one attached hydrogen (secondary N) is 1. The number of hydrogen-bond donors (Lipinski definition) is 1. The number of carbonyl (C=O) groups is 2. The standard InChI is InChI=1S/C14H15N3O4S/c1-3-20-8-12-16-17-14(22-12)15-13(19)10-4-6-11(7-5-10)21-9(2)18/h4-7H,3,8H2,1-2H3,(H,15,17,19). The van der Waals surface area contributed by atoms with Crippen molar-refractivity contribution < 1.29 is 19.1 Å². The molecule has 0 radical (unpaired) electrons. The zero-order valence-electron chi connectivity index (χ0n) is 12.2. The van der Waals surface area contributed by atoms with E-state index in [-0.39, 0.29) is 5.91 Å². The summed E-state index contributed by atoms with van der Waals surface area (Å²) in [5.74, 6) is -0.333. The molecule has 22 heavy (non-hydrogen) atoms. The normalized spacial score (nSPS) is 10.3. The van der Waals surface area contributed by atoms with Crippen LogP contribution in [-0.4, -0.2) is 28.7 Å². The van der Waals surface area contributed by atoms with Crippen LogP contribution < -0.4 is 10.1 Å². The number of hydrogen-bond acceptors (Lipinski definition) is 7. The highest BCUT2D eigenvalue weighted by atomic mass is 32.1. The van der Waals surface area contributed by atoms with E-state index < -0.39 is 5.97 Å². The van der Waals surface area contributed by atoms with E-state index in [4.69, 9.17) is 9.47 Å². The fourth-order valence-electron chi connectivity index (χ4n) is 1.56. The average molecular weight is 321 g/mol. The van der Waals surface area contributed by atoms with Crippen LogP contribution in [-0.2, 0) is 16.1 Å². The molecule has 1 aromatic carbocycles. The van der Waals surface area contributed by atoms with Gasteiger partial charge in [-0.1, -0.05) is 11.3 Å². The summed E-state index contributed by atoms with van der Waals surface area (Å²) < 4.78 is 10.1. The maximum atomic E-state index is 12.1. The maximum absolute atomic E-state index is 12.1. The van der Waals surface area contributed by atoms with Crippen LogP contribution in [0.2, 0.25) is 0 Å². The van der Waals surface area contributed by atoms with Crippen molar-refractivity contribution in [2.75, 3.05) is 11.9 Å². The zero-order valence-corrected chi connectivity index (χ0v) is 13.0. The predicted octanol–water partition coefficient (Wildman–Crippen LogP) is 2.25. The summed E-state index contributed by atoms with van der Waals surface area (Å²) in [7, 11) is 0. The molecule has 2 aromatic rings. The Labute approximate surface area is 131 Å². The molecule has 1 N–H and O–H groups in total. The van der Waals surface area contributed by atoms with Crippen LogP contribution in [0.1, 0.15) is 29.2 Å². The predicted molar refractivity (Wildman–Crippen MR) is 80.9 cm³/mol. The Bertz CT molecular complexity index is 654. The second kappa shape index (κ2) is 7.62. The Morgan fingerprint density at radius 1 is 1.23 bits per heavy atom. The van der Waals surface area contributed by atoms with Gasteiger partial charge in [0.25, 0.3) is 5.91 Å². The zero-order chi connectivity index (χ0) is 15.9. The Morgan fingerprint density at radius 2 is 1.95 bits per heavy atom. The lowest BCUT2D eigenvalue weighted by atomic mass is 10.2. The molecule has 0 spiro atoms. The number of amides is 1. The molecule has 116 valence electrons. The van der Waals surface area contributed by atoms with Gasteiger partial charge in [0.1, 0.15) is 17.4 Å². The largest absolute Gasteiger partial charge is 0.427 e. The first kappa shape index (κ1) is 16.1. The number of benzene rings is 1. The monoisotopic (exact) mass is 321 g/mol. The smallest absolute Gasteiger partial charge is 0.308 e. The van der Waals surface area contributed by atoms with Crippen LogP contribution >= 0.6 is 11.3 Å². The second-order valence-electron chi connectivity index (χ2n) is 4.21. The van der Waals surface area contributed by atoms with Crippen molar-refractivity contribution in [3.8, 4) is 5.75 Å².